The third-order valence-electron chi connectivity index (χ3n) is 3.92. The van der Waals surface area contributed by atoms with Crippen LogP contribution in [0, 0.1) is 0 Å². The molecule has 3 nitrogen and oxygen atoms in total. The molecule has 3 rings (SSSR count). The Hall–Kier alpha value is -1.16. The van der Waals surface area contributed by atoms with E-state index in [1.807, 2.05) is 11.8 Å². The van der Waals surface area contributed by atoms with Crippen LogP contribution in [-0.4, -0.2) is 35.5 Å². The maximum absolute atomic E-state index is 6.08. The Bertz CT molecular complexity index is 478. The van der Waals surface area contributed by atoms with E-state index in [1.165, 1.54) is 36.0 Å². The van der Waals surface area contributed by atoms with Crippen molar-refractivity contribution in [2.75, 3.05) is 24.6 Å². The fraction of sp³-hybridized carbons (Fsp3) is 0.533. The summed E-state index contributed by atoms with van der Waals surface area (Å²) in [5, 5.41) is 0. The summed E-state index contributed by atoms with van der Waals surface area (Å²) < 4.78 is 0. The predicted molar refractivity (Wildman–Crippen MR) is 82.7 cm³/mol. The summed E-state index contributed by atoms with van der Waals surface area (Å²) >= 11 is 1.99. The number of nitrogens with two attached hydrogens (primary N) is 1. The van der Waals surface area contributed by atoms with E-state index in [1.54, 1.807) is 0 Å². The summed E-state index contributed by atoms with van der Waals surface area (Å²) in [6, 6.07) is 6.78. The van der Waals surface area contributed by atoms with E-state index in [4.69, 9.17) is 5.73 Å². The van der Waals surface area contributed by atoms with Crippen molar-refractivity contribution in [2.24, 2.45) is 10.7 Å². The highest BCUT2D eigenvalue weighted by Gasteiger charge is 2.13. The third kappa shape index (κ3) is 3.06. The van der Waals surface area contributed by atoms with Gasteiger partial charge >= 0.3 is 0 Å². The number of guanidine groups is 1. The van der Waals surface area contributed by atoms with Crippen LogP contribution in [0.25, 0.3) is 0 Å². The van der Waals surface area contributed by atoms with Gasteiger partial charge in [0.1, 0.15) is 0 Å². The lowest BCUT2D eigenvalue weighted by molar-refractivity contribution is 0.455. The van der Waals surface area contributed by atoms with E-state index < -0.39 is 0 Å². The highest BCUT2D eigenvalue weighted by molar-refractivity contribution is 7.99. The normalized spacial score (nSPS) is 19.6. The molecular formula is C15H21N3S. The fourth-order valence-electron chi connectivity index (χ4n) is 2.79. The molecule has 4 heteroatoms. The van der Waals surface area contributed by atoms with Crippen LogP contribution in [0.2, 0.25) is 0 Å². The van der Waals surface area contributed by atoms with Gasteiger partial charge in [-0.25, -0.2) is 4.99 Å². The molecule has 2 N–H and O–H groups in total. The Morgan fingerprint density at radius 3 is 2.84 bits per heavy atom. The van der Waals surface area contributed by atoms with Crippen LogP contribution in [0.3, 0.4) is 0 Å². The van der Waals surface area contributed by atoms with Crippen LogP contribution in [-0.2, 0) is 19.4 Å². The van der Waals surface area contributed by atoms with Crippen molar-refractivity contribution in [2.45, 2.75) is 25.8 Å². The lowest BCUT2D eigenvalue weighted by Crippen LogP contribution is -2.42. The number of aryl methyl sites for hydroxylation is 2. The molecule has 0 amide bonds. The predicted octanol–water partition coefficient (Wildman–Crippen LogP) is 2.04. The van der Waals surface area contributed by atoms with Gasteiger partial charge in [0, 0.05) is 24.6 Å². The minimum absolute atomic E-state index is 0.709. The minimum atomic E-state index is 0.709. The van der Waals surface area contributed by atoms with Gasteiger partial charge in [0.2, 0.25) is 0 Å². The van der Waals surface area contributed by atoms with Gasteiger partial charge < -0.3 is 10.6 Å². The van der Waals surface area contributed by atoms with Gasteiger partial charge in [-0.2, -0.15) is 11.8 Å². The monoisotopic (exact) mass is 275 g/mol. The summed E-state index contributed by atoms with van der Waals surface area (Å²) in [5.74, 6) is 3.03. The topological polar surface area (TPSA) is 41.6 Å². The first kappa shape index (κ1) is 12.9. The lowest BCUT2D eigenvalue weighted by Gasteiger charge is -2.27. The van der Waals surface area contributed by atoms with Crippen molar-refractivity contribution in [3.05, 3.63) is 34.9 Å². The van der Waals surface area contributed by atoms with E-state index in [-0.39, 0.29) is 0 Å². The molecule has 1 aliphatic heterocycles. The van der Waals surface area contributed by atoms with Crippen molar-refractivity contribution in [3.8, 4) is 0 Å². The SMILES string of the molecule is NC(=NCc1ccc2c(c1)CCC2)N1CCSCC1. The first-order chi connectivity index (χ1) is 9.33. The highest BCUT2D eigenvalue weighted by Crippen LogP contribution is 2.23. The third-order valence-corrected chi connectivity index (χ3v) is 4.86. The molecule has 1 saturated heterocycles. The van der Waals surface area contributed by atoms with Crippen molar-refractivity contribution < 1.29 is 0 Å². The molecule has 1 heterocycles. The van der Waals surface area contributed by atoms with Crippen LogP contribution in [0.5, 0.6) is 0 Å². The summed E-state index contributed by atoms with van der Waals surface area (Å²) in [4.78, 5) is 6.75. The van der Waals surface area contributed by atoms with Crippen molar-refractivity contribution >= 4 is 17.7 Å². The van der Waals surface area contributed by atoms with Crippen molar-refractivity contribution in [3.63, 3.8) is 0 Å². The summed E-state index contributed by atoms with van der Waals surface area (Å²) in [6.07, 6.45) is 3.77. The van der Waals surface area contributed by atoms with Gasteiger partial charge in [0.05, 0.1) is 6.54 Å². The average Bonchev–Trinajstić information content (AvgIpc) is 2.93. The maximum atomic E-state index is 6.08. The molecule has 0 radical (unpaired) electrons. The molecular weight excluding hydrogens is 254 g/mol. The van der Waals surface area contributed by atoms with Crippen molar-refractivity contribution in [1.82, 2.24) is 4.90 Å². The summed E-state index contributed by atoms with van der Waals surface area (Å²) in [6.45, 7) is 2.77. The molecule has 1 aromatic carbocycles. The second kappa shape index (κ2) is 5.87. The zero-order chi connectivity index (χ0) is 13.1. The Labute approximate surface area is 119 Å². The molecule has 0 unspecified atom stereocenters. The van der Waals surface area contributed by atoms with Gasteiger partial charge in [-0.05, 0) is 36.0 Å². The Balaban J connectivity index is 1.64. The maximum Gasteiger partial charge on any atom is 0.191 e. The number of thioether (sulfide) groups is 1. The van der Waals surface area contributed by atoms with Gasteiger partial charge in [-0.3, -0.25) is 0 Å². The highest BCUT2D eigenvalue weighted by atomic mass is 32.2. The Morgan fingerprint density at radius 1 is 1.21 bits per heavy atom. The van der Waals surface area contributed by atoms with Crippen LogP contribution in [0.1, 0.15) is 23.1 Å². The molecule has 0 aromatic heterocycles. The number of hydrogen-bond donors (Lipinski definition) is 1. The van der Waals surface area contributed by atoms with Crippen molar-refractivity contribution in [1.29, 1.82) is 0 Å². The second-order valence-corrected chi connectivity index (χ2v) is 6.46. The van der Waals surface area contributed by atoms with Crippen LogP contribution >= 0.6 is 11.8 Å². The first-order valence-corrected chi connectivity index (χ1v) is 8.22. The minimum Gasteiger partial charge on any atom is -0.370 e. The molecule has 0 atom stereocenters. The standard InChI is InChI=1S/C15H21N3S/c16-15(18-6-8-19-9-7-18)17-11-12-4-5-13-2-1-3-14(13)10-12/h4-5,10H,1-3,6-9,11H2,(H2,16,17). The van der Waals surface area contributed by atoms with Gasteiger partial charge in [-0.15, -0.1) is 0 Å². The molecule has 1 aliphatic carbocycles. The van der Waals surface area contributed by atoms with Gasteiger partial charge in [0.15, 0.2) is 5.96 Å². The summed E-state index contributed by atoms with van der Waals surface area (Å²) in [5.41, 5.74) is 10.4. The molecule has 102 valence electrons. The van der Waals surface area contributed by atoms with E-state index in [9.17, 15) is 0 Å². The zero-order valence-corrected chi connectivity index (χ0v) is 12.1. The number of fused-ring (bicyclic) bond motifs is 1. The molecule has 19 heavy (non-hydrogen) atoms. The summed E-state index contributed by atoms with van der Waals surface area (Å²) in [7, 11) is 0. The van der Waals surface area contributed by atoms with E-state index in [0.717, 1.165) is 24.6 Å². The Morgan fingerprint density at radius 2 is 2.00 bits per heavy atom. The quantitative estimate of drug-likeness (QED) is 0.663. The number of benzene rings is 1. The van der Waals surface area contributed by atoms with Crippen LogP contribution < -0.4 is 5.73 Å². The van der Waals surface area contributed by atoms with Gasteiger partial charge in [-0.1, -0.05) is 18.2 Å². The van der Waals surface area contributed by atoms with E-state index >= 15 is 0 Å². The number of aliphatic imine (C=N–C) groups is 1. The molecule has 0 bridgehead atoms. The molecule has 2 aliphatic rings. The fourth-order valence-corrected chi connectivity index (χ4v) is 3.69. The van der Waals surface area contributed by atoms with Gasteiger partial charge in [0.25, 0.3) is 0 Å². The first-order valence-electron chi connectivity index (χ1n) is 7.06. The van der Waals surface area contributed by atoms with Crippen LogP contribution in [0.4, 0.5) is 0 Å². The Kier molecular flexibility index (Phi) is 3.97. The smallest absolute Gasteiger partial charge is 0.191 e. The number of rotatable bonds is 2. The molecule has 1 aromatic rings. The largest absolute Gasteiger partial charge is 0.370 e. The van der Waals surface area contributed by atoms with E-state index in [0.29, 0.717) is 12.5 Å². The molecule has 0 spiro atoms. The lowest BCUT2D eigenvalue weighted by atomic mass is 10.1. The molecule has 1 fully saturated rings. The average molecular weight is 275 g/mol. The van der Waals surface area contributed by atoms with Crippen LogP contribution in [0.15, 0.2) is 23.2 Å². The van der Waals surface area contributed by atoms with E-state index in [2.05, 4.69) is 28.1 Å². The second-order valence-electron chi connectivity index (χ2n) is 5.23. The number of hydrogen-bond acceptors (Lipinski definition) is 2. The zero-order valence-electron chi connectivity index (χ0n) is 11.3. The molecule has 0 saturated carbocycles. The number of nitrogens with zero attached hydrogens (tertiary/aromatic N) is 2.